The van der Waals surface area contributed by atoms with Crippen molar-refractivity contribution in [3.05, 3.63) is 57.8 Å². The van der Waals surface area contributed by atoms with Gasteiger partial charge >= 0.3 is 0 Å². The molecule has 0 atom stereocenters. The second-order valence-corrected chi connectivity index (χ2v) is 4.57. The van der Waals surface area contributed by atoms with Crippen molar-refractivity contribution in [2.75, 3.05) is 5.32 Å². The quantitative estimate of drug-likeness (QED) is 0.826. The highest BCUT2D eigenvalue weighted by atomic mass is 79.9. The Bertz CT molecular complexity index is 680. The normalized spacial score (nSPS) is 10.1. The van der Waals surface area contributed by atoms with Crippen molar-refractivity contribution in [2.24, 2.45) is 0 Å². The first kappa shape index (κ1) is 13.4. The second-order valence-electron chi connectivity index (χ2n) is 3.65. The van der Waals surface area contributed by atoms with E-state index in [1.54, 1.807) is 6.07 Å². The van der Waals surface area contributed by atoms with Gasteiger partial charge in [0.2, 0.25) is 0 Å². The van der Waals surface area contributed by atoms with E-state index in [2.05, 4.69) is 21.2 Å². The standard InChI is InChI=1S/C13H6BrF3N2/c14-8-1-3-10(7(5-8)6-18)19-11-4-2-9(15)12(16)13(11)17/h1-5,19H. The lowest BCUT2D eigenvalue weighted by Crippen LogP contribution is -2.00. The third-order valence-corrected chi connectivity index (χ3v) is 2.90. The Morgan fingerprint density at radius 1 is 1.00 bits per heavy atom. The molecule has 0 saturated heterocycles. The number of nitrogens with zero attached hydrogens (tertiary/aromatic N) is 1. The number of nitriles is 1. The van der Waals surface area contributed by atoms with Gasteiger partial charge < -0.3 is 5.32 Å². The minimum absolute atomic E-state index is 0.238. The maximum absolute atomic E-state index is 13.5. The molecule has 2 aromatic rings. The van der Waals surface area contributed by atoms with Crippen LogP contribution in [0, 0.1) is 28.8 Å². The molecule has 0 heterocycles. The van der Waals surface area contributed by atoms with Crippen molar-refractivity contribution in [1.29, 1.82) is 5.26 Å². The third kappa shape index (κ3) is 2.71. The highest BCUT2D eigenvalue weighted by Crippen LogP contribution is 2.27. The summed E-state index contributed by atoms with van der Waals surface area (Å²) in [6, 6.07) is 8.50. The van der Waals surface area contributed by atoms with Crippen LogP contribution in [0.25, 0.3) is 0 Å². The molecule has 0 saturated carbocycles. The van der Waals surface area contributed by atoms with Crippen LogP contribution in [0.5, 0.6) is 0 Å². The van der Waals surface area contributed by atoms with E-state index in [1.807, 2.05) is 6.07 Å². The zero-order valence-corrected chi connectivity index (χ0v) is 10.9. The van der Waals surface area contributed by atoms with Gasteiger partial charge in [-0.1, -0.05) is 15.9 Å². The van der Waals surface area contributed by atoms with Crippen LogP contribution >= 0.6 is 15.9 Å². The molecule has 2 aromatic carbocycles. The van der Waals surface area contributed by atoms with E-state index in [4.69, 9.17) is 5.26 Å². The van der Waals surface area contributed by atoms with E-state index in [0.29, 0.717) is 10.2 Å². The molecule has 19 heavy (non-hydrogen) atoms. The number of hydrogen-bond acceptors (Lipinski definition) is 2. The molecular formula is C13H6BrF3N2. The second kappa shape index (κ2) is 5.33. The lowest BCUT2D eigenvalue weighted by atomic mass is 10.2. The largest absolute Gasteiger partial charge is 0.352 e. The highest BCUT2D eigenvalue weighted by molar-refractivity contribution is 9.10. The Balaban J connectivity index is 2.43. The predicted octanol–water partition coefficient (Wildman–Crippen LogP) is 4.48. The SMILES string of the molecule is N#Cc1cc(Br)ccc1Nc1ccc(F)c(F)c1F. The van der Waals surface area contributed by atoms with Crippen LogP contribution in [-0.2, 0) is 0 Å². The zero-order valence-electron chi connectivity index (χ0n) is 9.35. The fourth-order valence-corrected chi connectivity index (χ4v) is 1.85. The first-order valence-corrected chi connectivity index (χ1v) is 5.92. The molecule has 0 aromatic heterocycles. The zero-order chi connectivity index (χ0) is 14.0. The van der Waals surface area contributed by atoms with Crippen LogP contribution in [0.3, 0.4) is 0 Å². The summed E-state index contributed by atoms with van der Waals surface area (Å²) in [5, 5.41) is 11.5. The molecule has 2 rings (SSSR count). The number of hydrogen-bond donors (Lipinski definition) is 1. The van der Waals surface area contributed by atoms with Crippen molar-refractivity contribution in [3.8, 4) is 6.07 Å². The number of benzene rings is 2. The van der Waals surface area contributed by atoms with Crippen molar-refractivity contribution in [3.63, 3.8) is 0 Å². The van der Waals surface area contributed by atoms with Crippen LogP contribution in [0.4, 0.5) is 24.5 Å². The van der Waals surface area contributed by atoms with Crippen LogP contribution in [0.15, 0.2) is 34.8 Å². The van der Waals surface area contributed by atoms with E-state index in [1.165, 1.54) is 12.1 Å². The van der Waals surface area contributed by atoms with Gasteiger partial charge in [-0.25, -0.2) is 13.2 Å². The Labute approximate surface area is 115 Å². The van der Waals surface area contributed by atoms with Crippen molar-refractivity contribution >= 4 is 27.3 Å². The molecule has 0 spiro atoms. The smallest absolute Gasteiger partial charge is 0.196 e. The molecule has 2 nitrogen and oxygen atoms in total. The summed E-state index contributed by atoms with van der Waals surface area (Å²) < 4.78 is 40.0. The van der Waals surface area contributed by atoms with Crippen LogP contribution in [0.2, 0.25) is 0 Å². The van der Waals surface area contributed by atoms with Gasteiger partial charge in [0.15, 0.2) is 17.5 Å². The van der Waals surface area contributed by atoms with Gasteiger partial charge in [0, 0.05) is 4.47 Å². The fraction of sp³-hybridized carbons (Fsp3) is 0. The molecule has 6 heteroatoms. The topological polar surface area (TPSA) is 35.8 Å². The summed E-state index contributed by atoms with van der Waals surface area (Å²) in [7, 11) is 0. The van der Waals surface area contributed by atoms with Gasteiger partial charge in [0.05, 0.1) is 16.9 Å². The summed E-state index contributed by atoms with van der Waals surface area (Å²) in [6.45, 7) is 0. The van der Waals surface area contributed by atoms with Gasteiger partial charge in [-0.15, -0.1) is 0 Å². The average molecular weight is 327 g/mol. The summed E-state index contributed by atoms with van der Waals surface area (Å²) in [5.41, 5.74) is 0.312. The molecule has 0 fully saturated rings. The first-order chi connectivity index (χ1) is 9.02. The summed E-state index contributed by atoms with van der Waals surface area (Å²) in [5.74, 6) is -4.15. The minimum atomic E-state index is -1.55. The minimum Gasteiger partial charge on any atom is -0.352 e. The van der Waals surface area contributed by atoms with Gasteiger partial charge in [-0.05, 0) is 30.3 Å². The van der Waals surface area contributed by atoms with Gasteiger partial charge in [0.1, 0.15) is 6.07 Å². The Hall–Kier alpha value is -2.00. The summed E-state index contributed by atoms with van der Waals surface area (Å²) in [6.07, 6.45) is 0. The van der Waals surface area contributed by atoms with Crippen LogP contribution in [0.1, 0.15) is 5.56 Å². The predicted molar refractivity (Wildman–Crippen MR) is 68.5 cm³/mol. The lowest BCUT2D eigenvalue weighted by molar-refractivity contribution is 0.449. The Morgan fingerprint density at radius 3 is 2.37 bits per heavy atom. The highest BCUT2D eigenvalue weighted by Gasteiger charge is 2.14. The van der Waals surface area contributed by atoms with Crippen LogP contribution < -0.4 is 5.32 Å². The van der Waals surface area contributed by atoms with Gasteiger partial charge in [-0.3, -0.25) is 0 Å². The monoisotopic (exact) mass is 326 g/mol. The molecule has 0 aliphatic heterocycles. The molecule has 0 bridgehead atoms. The van der Waals surface area contributed by atoms with Crippen molar-refractivity contribution < 1.29 is 13.2 Å². The number of nitrogens with one attached hydrogen (secondary N) is 1. The molecule has 0 unspecified atom stereocenters. The van der Waals surface area contributed by atoms with E-state index >= 15 is 0 Å². The van der Waals surface area contributed by atoms with Gasteiger partial charge in [0.25, 0.3) is 0 Å². The first-order valence-electron chi connectivity index (χ1n) is 5.13. The molecule has 96 valence electrons. The third-order valence-electron chi connectivity index (χ3n) is 2.41. The summed E-state index contributed by atoms with van der Waals surface area (Å²) in [4.78, 5) is 0. The van der Waals surface area contributed by atoms with Crippen molar-refractivity contribution in [2.45, 2.75) is 0 Å². The molecule has 0 aliphatic carbocycles. The van der Waals surface area contributed by atoms with E-state index in [-0.39, 0.29) is 11.3 Å². The van der Waals surface area contributed by atoms with E-state index in [0.717, 1.165) is 12.1 Å². The number of rotatable bonds is 2. The fourth-order valence-electron chi connectivity index (χ4n) is 1.49. The number of halogens is 4. The number of anilines is 2. The molecular weight excluding hydrogens is 321 g/mol. The van der Waals surface area contributed by atoms with Gasteiger partial charge in [-0.2, -0.15) is 5.26 Å². The summed E-state index contributed by atoms with van der Waals surface area (Å²) >= 11 is 3.20. The maximum Gasteiger partial charge on any atom is 0.196 e. The molecule has 0 aliphatic rings. The Morgan fingerprint density at radius 2 is 1.68 bits per heavy atom. The average Bonchev–Trinajstić information content (AvgIpc) is 2.41. The van der Waals surface area contributed by atoms with E-state index < -0.39 is 17.5 Å². The Kier molecular flexibility index (Phi) is 3.76. The van der Waals surface area contributed by atoms with Crippen LogP contribution in [-0.4, -0.2) is 0 Å². The van der Waals surface area contributed by atoms with Crippen molar-refractivity contribution in [1.82, 2.24) is 0 Å². The molecule has 0 radical (unpaired) electrons. The molecule has 0 amide bonds. The molecule has 1 N–H and O–H groups in total. The lowest BCUT2D eigenvalue weighted by Gasteiger charge is -2.10. The van der Waals surface area contributed by atoms with E-state index in [9.17, 15) is 13.2 Å². The maximum atomic E-state index is 13.5.